The molecular formula is C8H12BrNS. The summed E-state index contributed by atoms with van der Waals surface area (Å²) < 4.78 is 0. The molecule has 0 aliphatic rings. The van der Waals surface area contributed by atoms with Crippen LogP contribution in [0.5, 0.6) is 0 Å². The van der Waals surface area contributed by atoms with Crippen molar-refractivity contribution < 1.29 is 0 Å². The first kappa shape index (κ1) is 9.20. The van der Waals surface area contributed by atoms with Crippen molar-refractivity contribution in [2.75, 3.05) is 5.33 Å². The van der Waals surface area contributed by atoms with Crippen LogP contribution in [-0.4, -0.2) is 10.3 Å². The monoisotopic (exact) mass is 233 g/mol. The molecule has 0 aliphatic carbocycles. The second kappa shape index (κ2) is 4.88. The molecule has 3 heteroatoms. The zero-order valence-electron chi connectivity index (χ0n) is 6.59. The zero-order valence-corrected chi connectivity index (χ0v) is 8.99. The Kier molecular flexibility index (Phi) is 4.08. The van der Waals surface area contributed by atoms with E-state index in [1.54, 1.807) is 11.3 Å². The van der Waals surface area contributed by atoms with E-state index in [-0.39, 0.29) is 0 Å². The highest BCUT2D eigenvalue weighted by atomic mass is 79.9. The van der Waals surface area contributed by atoms with Gasteiger partial charge in [0.15, 0.2) is 0 Å². The van der Waals surface area contributed by atoms with Crippen LogP contribution in [0, 0.1) is 5.92 Å². The molecular weight excluding hydrogens is 222 g/mol. The highest BCUT2D eigenvalue weighted by Gasteiger charge is 2.00. The molecule has 0 fully saturated rings. The quantitative estimate of drug-likeness (QED) is 0.729. The van der Waals surface area contributed by atoms with Gasteiger partial charge >= 0.3 is 0 Å². The summed E-state index contributed by atoms with van der Waals surface area (Å²) in [6.45, 7) is 2.26. The number of rotatable bonds is 4. The number of aryl methyl sites for hydroxylation is 1. The predicted octanol–water partition coefficient (Wildman–Crippen LogP) is 3.11. The van der Waals surface area contributed by atoms with Gasteiger partial charge in [-0.25, -0.2) is 0 Å². The topological polar surface area (TPSA) is 12.9 Å². The van der Waals surface area contributed by atoms with Gasteiger partial charge in [0, 0.05) is 16.4 Å². The van der Waals surface area contributed by atoms with Crippen LogP contribution in [0.1, 0.15) is 18.2 Å². The molecule has 1 heterocycles. The van der Waals surface area contributed by atoms with E-state index in [4.69, 9.17) is 0 Å². The van der Waals surface area contributed by atoms with Gasteiger partial charge in [-0.15, -0.1) is 11.3 Å². The molecule has 0 saturated carbocycles. The maximum Gasteiger partial charge on any atom is 0.0794 e. The first-order chi connectivity index (χ1) is 5.33. The van der Waals surface area contributed by atoms with Gasteiger partial charge in [-0.2, -0.15) is 0 Å². The maximum atomic E-state index is 4.03. The molecule has 1 aromatic rings. The molecule has 11 heavy (non-hydrogen) atoms. The molecule has 0 spiro atoms. The van der Waals surface area contributed by atoms with Gasteiger partial charge < -0.3 is 0 Å². The lowest BCUT2D eigenvalue weighted by Gasteiger charge is -2.03. The minimum absolute atomic E-state index is 0.775. The third-order valence-electron chi connectivity index (χ3n) is 1.63. The SMILES string of the molecule is CC(CBr)CCc1cncs1. The molecule has 1 unspecified atom stereocenters. The van der Waals surface area contributed by atoms with E-state index < -0.39 is 0 Å². The Bertz CT molecular complexity index is 186. The van der Waals surface area contributed by atoms with Crippen LogP contribution in [-0.2, 0) is 6.42 Å². The van der Waals surface area contributed by atoms with Crippen molar-refractivity contribution in [2.24, 2.45) is 5.92 Å². The van der Waals surface area contributed by atoms with Gasteiger partial charge in [-0.05, 0) is 18.8 Å². The van der Waals surface area contributed by atoms with Crippen LogP contribution in [0.4, 0.5) is 0 Å². The fourth-order valence-electron chi connectivity index (χ4n) is 0.831. The summed E-state index contributed by atoms with van der Waals surface area (Å²) in [7, 11) is 0. The standard InChI is InChI=1S/C8H12BrNS/c1-7(4-9)2-3-8-5-10-6-11-8/h5-7H,2-4H2,1H3. The van der Waals surface area contributed by atoms with E-state index in [0.29, 0.717) is 0 Å². The lowest BCUT2D eigenvalue weighted by Crippen LogP contribution is -1.96. The zero-order chi connectivity index (χ0) is 8.10. The fourth-order valence-corrected chi connectivity index (χ4v) is 1.77. The Hall–Kier alpha value is 0.110. The van der Waals surface area contributed by atoms with Gasteiger partial charge in [0.05, 0.1) is 5.51 Å². The third-order valence-corrected chi connectivity index (χ3v) is 3.58. The Morgan fingerprint density at radius 1 is 1.73 bits per heavy atom. The number of hydrogen-bond acceptors (Lipinski definition) is 2. The van der Waals surface area contributed by atoms with Gasteiger partial charge in [0.2, 0.25) is 0 Å². The minimum atomic E-state index is 0.775. The molecule has 0 bridgehead atoms. The molecule has 1 nitrogen and oxygen atoms in total. The molecule has 0 aliphatic heterocycles. The third kappa shape index (κ3) is 3.34. The first-order valence-electron chi connectivity index (χ1n) is 3.76. The molecule has 0 radical (unpaired) electrons. The highest BCUT2D eigenvalue weighted by Crippen LogP contribution is 2.13. The van der Waals surface area contributed by atoms with E-state index in [1.807, 2.05) is 11.7 Å². The lowest BCUT2D eigenvalue weighted by molar-refractivity contribution is 0.603. The van der Waals surface area contributed by atoms with Crippen LogP contribution < -0.4 is 0 Å². The minimum Gasteiger partial charge on any atom is -0.253 e. The summed E-state index contributed by atoms with van der Waals surface area (Å²) in [4.78, 5) is 5.43. The van der Waals surface area contributed by atoms with Crippen molar-refractivity contribution in [2.45, 2.75) is 19.8 Å². The first-order valence-corrected chi connectivity index (χ1v) is 5.76. The van der Waals surface area contributed by atoms with Gasteiger partial charge in [0.25, 0.3) is 0 Å². The number of thiazole rings is 1. The maximum absolute atomic E-state index is 4.03. The second-order valence-corrected chi connectivity index (χ2v) is 4.38. The number of halogens is 1. The average molecular weight is 234 g/mol. The summed E-state index contributed by atoms with van der Waals surface area (Å²) in [5, 5.41) is 1.10. The smallest absolute Gasteiger partial charge is 0.0794 e. The number of hydrogen-bond donors (Lipinski definition) is 0. The largest absolute Gasteiger partial charge is 0.253 e. The highest BCUT2D eigenvalue weighted by molar-refractivity contribution is 9.09. The van der Waals surface area contributed by atoms with E-state index in [1.165, 1.54) is 17.7 Å². The van der Waals surface area contributed by atoms with Gasteiger partial charge in [-0.1, -0.05) is 22.9 Å². The van der Waals surface area contributed by atoms with Crippen LogP contribution in [0.3, 0.4) is 0 Å². The summed E-state index contributed by atoms with van der Waals surface area (Å²) in [6.07, 6.45) is 4.40. The van der Waals surface area contributed by atoms with E-state index in [2.05, 4.69) is 27.8 Å². The van der Waals surface area contributed by atoms with Gasteiger partial charge in [0.1, 0.15) is 0 Å². The second-order valence-electron chi connectivity index (χ2n) is 2.77. The molecule has 1 atom stereocenters. The number of alkyl halides is 1. The van der Waals surface area contributed by atoms with Crippen LogP contribution in [0.25, 0.3) is 0 Å². The lowest BCUT2D eigenvalue weighted by atomic mass is 10.1. The van der Waals surface area contributed by atoms with Crippen molar-refractivity contribution in [3.8, 4) is 0 Å². The van der Waals surface area contributed by atoms with Crippen molar-refractivity contribution in [3.63, 3.8) is 0 Å². The van der Waals surface area contributed by atoms with Crippen LogP contribution >= 0.6 is 27.3 Å². The van der Waals surface area contributed by atoms with Crippen molar-refractivity contribution in [1.29, 1.82) is 0 Å². The van der Waals surface area contributed by atoms with Crippen molar-refractivity contribution in [3.05, 3.63) is 16.6 Å². The van der Waals surface area contributed by atoms with E-state index in [9.17, 15) is 0 Å². The summed E-state index contributed by atoms with van der Waals surface area (Å²) in [5.41, 5.74) is 1.90. The molecule has 0 amide bonds. The molecule has 0 aromatic carbocycles. The summed E-state index contributed by atoms with van der Waals surface area (Å²) >= 11 is 5.22. The molecule has 1 aromatic heterocycles. The number of aromatic nitrogens is 1. The fraction of sp³-hybridized carbons (Fsp3) is 0.625. The predicted molar refractivity (Wildman–Crippen MR) is 53.4 cm³/mol. The summed E-state index contributed by atoms with van der Waals surface area (Å²) in [5.74, 6) is 0.775. The van der Waals surface area contributed by atoms with E-state index >= 15 is 0 Å². The van der Waals surface area contributed by atoms with Crippen molar-refractivity contribution >= 4 is 27.3 Å². The van der Waals surface area contributed by atoms with Crippen LogP contribution in [0.15, 0.2) is 11.7 Å². The summed E-state index contributed by atoms with van der Waals surface area (Å²) in [6, 6.07) is 0. The number of nitrogens with zero attached hydrogens (tertiary/aromatic N) is 1. The Balaban J connectivity index is 2.23. The molecule has 62 valence electrons. The van der Waals surface area contributed by atoms with Crippen LogP contribution in [0.2, 0.25) is 0 Å². The molecule has 0 saturated heterocycles. The average Bonchev–Trinajstić information content (AvgIpc) is 2.52. The Morgan fingerprint density at radius 2 is 2.55 bits per heavy atom. The molecule has 1 rings (SSSR count). The normalized spacial score (nSPS) is 13.3. The molecule has 0 N–H and O–H groups in total. The van der Waals surface area contributed by atoms with Crippen molar-refractivity contribution in [1.82, 2.24) is 4.98 Å². The Morgan fingerprint density at radius 3 is 3.09 bits per heavy atom. The van der Waals surface area contributed by atoms with Gasteiger partial charge in [-0.3, -0.25) is 4.98 Å². The Labute approximate surface area is 80.0 Å². The van der Waals surface area contributed by atoms with E-state index in [0.717, 1.165) is 11.2 Å².